The van der Waals surface area contributed by atoms with Crippen LogP contribution in [-0.2, 0) is 13.0 Å². The fourth-order valence-electron chi connectivity index (χ4n) is 3.35. The maximum Gasteiger partial charge on any atom is 0.178 e. The van der Waals surface area contributed by atoms with Crippen molar-refractivity contribution in [3.05, 3.63) is 36.2 Å². The molecule has 0 saturated carbocycles. The maximum absolute atomic E-state index is 4.78. The SMILES string of the molecule is CCc1nnc2ccc(N3CCCC3Cn3ccnc3C)nn12. The molecule has 1 unspecified atom stereocenters. The van der Waals surface area contributed by atoms with E-state index < -0.39 is 0 Å². The van der Waals surface area contributed by atoms with Gasteiger partial charge in [-0.15, -0.1) is 15.3 Å². The lowest BCUT2D eigenvalue weighted by molar-refractivity contribution is 0.536. The molecule has 1 saturated heterocycles. The van der Waals surface area contributed by atoms with E-state index in [4.69, 9.17) is 5.10 Å². The molecule has 7 nitrogen and oxygen atoms in total. The molecular formula is C16H21N7. The van der Waals surface area contributed by atoms with Gasteiger partial charge in [0.15, 0.2) is 11.5 Å². The summed E-state index contributed by atoms with van der Waals surface area (Å²) in [4.78, 5) is 6.72. The number of anilines is 1. The molecule has 4 rings (SSSR count). The van der Waals surface area contributed by atoms with Gasteiger partial charge in [0.2, 0.25) is 0 Å². The molecule has 4 heterocycles. The normalized spacial score (nSPS) is 18.2. The Morgan fingerprint density at radius 1 is 1.26 bits per heavy atom. The van der Waals surface area contributed by atoms with E-state index in [1.165, 1.54) is 12.8 Å². The molecule has 23 heavy (non-hydrogen) atoms. The third-order valence-corrected chi connectivity index (χ3v) is 4.63. The summed E-state index contributed by atoms with van der Waals surface area (Å²) in [6.07, 6.45) is 7.12. The minimum Gasteiger partial charge on any atom is -0.350 e. The van der Waals surface area contributed by atoms with E-state index in [-0.39, 0.29) is 0 Å². The molecule has 0 amide bonds. The first kappa shape index (κ1) is 14.2. The highest BCUT2D eigenvalue weighted by molar-refractivity contribution is 5.47. The first-order valence-electron chi connectivity index (χ1n) is 8.22. The topological polar surface area (TPSA) is 64.1 Å². The third-order valence-electron chi connectivity index (χ3n) is 4.63. The minimum atomic E-state index is 0.453. The number of fused-ring (bicyclic) bond motifs is 1. The average Bonchev–Trinajstić information content (AvgIpc) is 3.27. The number of rotatable bonds is 4. The number of hydrogen-bond donors (Lipinski definition) is 0. The standard InChI is InChI=1S/C16H21N7/c1-3-14-18-19-15-6-7-16(20-23(14)15)22-9-4-5-13(22)11-21-10-8-17-12(21)2/h6-8,10,13H,3-5,9,11H2,1-2H3. The van der Waals surface area contributed by atoms with Crippen molar-refractivity contribution in [3.8, 4) is 0 Å². The quantitative estimate of drug-likeness (QED) is 0.736. The number of imidazole rings is 1. The molecule has 0 radical (unpaired) electrons. The maximum atomic E-state index is 4.78. The van der Waals surface area contributed by atoms with Gasteiger partial charge in [-0.3, -0.25) is 0 Å². The van der Waals surface area contributed by atoms with Crippen molar-refractivity contribution in [2.75, 3.05) is 11.4 Å². The summed E-state index contributed by atoms with van der Waals surface area (Å²) in [5, 5.41) is 13.1. The summed E-state index contributed by atoms with van der Waals surface area (Å²) in [5.74, 6) is 2.97. The van der Waals surface area contributed by atoms with Gasteiger partial charge in [-0.05, 0) is 31.9 Å². The molecule has 0 aliphatic carbocycles. The fraction of sp³-hybridized carbons (Fsp3) is 0.500. The van der Waals surface area contributed by atoms with Crippen molar-refractivity contribution in [2.45, 2.75) is 45.7 Å². The van der Waals surface area contributed by atoms with Crippen LogP contribution >= 0.6 is 0 Å². The Labute approximate surface area is 135 Å². The van der Waals surface area contributed by atoms with Gasteiger partial charge in [0.25, 0.3) is 0 Å². The number of aryl methyl sites for hydroxylation is 2. The molecule has 0 aromatic carbocycles. The second-order valence-electron chi connectivity index (χ2n) is 6.05. The van der Waals surface area contributed by atoms with E-state index in [0.29, 0.717) is 6.04 Å². The molecule has 120 valence electrons. The van der Waals surface area contributed by atoms with E-state index in [1.807, 2.05) is 23.7 Å². The molecule has 0 bridgehead atoms. The van der Waals surface area contributed by atoms with E-state index in [1.54, 1.807) is 0 Å². The molecule has 0 spiro atoms. The van der Waals surface area contributed by atoms with Crippen LogP contribution < -0.4 is 4.90 Å². The highest BCUT2D eigenvalue weighted by Crippen LogP contribution is 2.25. The summed E-state index contributed by atoms with van der Waals surface area (Å²) in [7, 11) is 0. The van der Waals surface area contributed by atoms with E-state index in [9.17, 15) is 0 Å². The van der Waals surface area contributed by atoms with Crippen molar-refractivity contribution < 1.29 is 0 Å². The Balaban J connectivity index is 1.64. The van der Waals surface area contributed by atoms with E-state index >= 15 is 0 Å². The molecule has 1 fully saturated rings. The van der Waals surface area contributed by atoms with Crippen LogP contribution in [-0.4, -0.2) is 41.9 Å². The van der Waals surface area contributed by atoms with Crippen LogP contribution in [0.4, 0.5) is 5.82 Å². The second-order valence-corrected chi connectivity index (χ2v) is 6.05. The zero-order chi connectivity index (χ0) is 15.8. The molecule has 3 aromatic rings. The lowest BCUT2D eigenvalue weighted by atomic mass is 10.2. The highest BCUT2D eigenvalue weighted by atomic mass is 15.4. The predicted molar refractivity (Wildman–Crippen MR) is 87.5 cm³/mol. The van der Waals surface area contributed by atoms with Gasteiger partial charge < -0.3 is 9.47 Å². The lowest BCUT2D eigenvalue weighted by Gasteiger charge is -2.26. The molecule has 1 aliphatic rings. The smallest absolute Gasteiger partial charge is 0.178 e. The molecule has 1 atom stereocenters. The first-order valence-corrected chi connectivity index (χ1v) is 8.22. The number of hydrogen-bond acceptors (Lipinski definition) is 5. The van der Waals surface area contributed by atoms with Crippen molar-refractivity contribution in [3.63, 3.8) is 0 Å². The van der Waals surface area contributed by atoms with Crippen molar-refractivity contribution in [1.82, 2.24) is 29.4 Å². The van der Waals surface area contributed by atoms with Crippen molar-refractivity contribution in [2.24, 2.45) is 0 Å². The summed E-state index contributed by atoms with van der Waals surface area (Å²) in [6.45, 7) is 6.12. The van der Waals surface area contributed by atoms with Crippen LogP contribution in [0.15, 0.2) is 24.5 Å². The number of nitrogens with zero attached hydrogens (tertiary/aromatic N) is 7. The Morgan fingerprint density at radius 3 is 2.96 bits per heavy atom. The van der Waals surface area contributed by atoms with Crippen LogP contribution in [0.1, 0.15) is 31.4 Å². The summed E-state index contributed by atoms with van der Waals surface area (Å²) in [5.41, 5.74) is 0.812. The Bertz CT molecular complexity index is 819. The Hall–Kier alpha value is -2.44. The third kappa shape index (κ3) is 2.46. The zero-order valence-electron chi connectivity index (χ0n) is 13.6. The van der Waals surface area contributed by atoms with Crippen LogP contribution in [0.25, 0.3) is 5.65 Å². The monoisotopic (exact) mass is 311 g/mol. The molecule has 3 aromatic heterocycles. The minimum absolute atomic E-state index is 0.453. The summed E-state index contributed by atoms with van der Waals surface area (Å²) < 4.78 is 4.09. The molecular weight excluding hydrogens is 290 g/mol. The zero-order valence-corrected chi connectivity index (χ0v) is 13.6. The van der Waals surface area contributed by atoms with Crippen molar-refractivity contribution >= 4 is 11.5 Å². The largest absolute Gasteiger partial charge is 0.350 e. The van der Waals surface area contributed by atoms with Gasteiger partial charge >= 0.3 is 0 Å². The number of aromatic nitrogens is 6. The van der Waals surface area contributed by atoms with Gasteiger partial charge in [-0.2, -0.15) is 4.52 Å². The van der Waals surface area contributed by atoms with Gasteiger partial charge in [0.05, 0.1) is 0 Å². The summed E-state index contributed by atoms with van der Waals surface area (Å²) in [6, 6.07) is 4.52. The lowest BCUT2D eigenvalue weighted by Crippen LogP contribution is -2.34. The second kappa shape index (κ2) is 5.64. The molecule has 1 aliphatic heterocycles. The Morgan fingerprint density at radius 2 is 2.17 bits per heavy atom. The van der Waals surface area contributed by atoms with E-state index in [2.05, 4.69) is 43.8 Å². The van der Waals surface area contributed by atoms with E-state index in [0.717, 1.165) is 42.6 Å². The van der Waals surface area contributed by atoms with Gasteiger partial charge in [-0.25, -0.2) is 4.98 Å². The molecule has 0 N–H and O–H groups in total. The van der Waals surface area contributed by atoms with Crippen LogP contribution in [0, 0.1) is 6.92 Å². The highest BCUT2D eigenvalue weighted by Gasteiger charge is 2.27. The summed E-state index contributed by atoms with van der Waals surface area (Å²) >= 11 is 0. The predicted octanol–water partition coefficient (Wildman–Crippen LogP) is 1.86. The molecule has 7 heteroatoms. The fourth-order valence-corrected chi connectivity index (χ4v) is 3.35. The van der Waals surface area contributed by atoms with Crippen LogP contribution in [0.5, 0.6) is 0 Å². The van der Waals surface area contributed by atoms with Gasteiger partial charge in [0, 0.05) is 37.9 Å². The van der Waals surface area contributed by atoms with Crippen LogP contribution in [0.3, 0.4) is 0 Å². The van der Waals surface area contributed by atoms with Crippen LogP contribution in [0.2, 0.25) is 0 Å². The average molecular weight is 311 g/mol. The van der Waals surface area contributed by atoms with Gasteiger partial charge in [-0.1, -0.05) is 6.92 Å². The van der Waals surface area contributed by atoms with Crippen molar-refractivity contribution in [1.29, 1.82) is 0 Å². The van der Waals surface area contributed by atoms with Gasteiger partial charge in [0.1, 0.15) is 11.6 Å². The first-order chi connectivity index (χ1) is 11.3. The Kier molecular flexibility index (Phi) is 3.48.